The number of aliphatic hydroxyl groups is 1. The van der Waals surface area contributed by atoms with Crippen LogP contribution in [0.5, 0.6) is 0 Å². The molecule has 0 aliphatic carbocycles. The molecule has 2 rings (SSSR count). The molecule has 1 aliphatic rings. The lowest BCUT2D eigenvalue weighted by Gasteiger charge is -2.17. The first-order valence-corrected chi connectivity index (χ1v) is 8.53. The van der Waals surface area contributed by atoms with Crippen molar-refractivity contribution in [2.75, 3.05) is 57.7 Å². The van der Waals surface area contributed by atoms with Crippen molar-refractivity contribution >= 4 is 23.3 Å². The Morgan fingerprint density at radius 3 is 2.81 bits per heavy atom. The van der Waals surface area contributed by atoms with Gasteiger partial charge in [0.1, 0.15) is 11.5 Å². The maximum Gasteiger partial charge on any atom is 0.337 e. The first-order valence-electron chi connectivity index (χ1n) is 8.53. The molecule has 0 atom stereocenters. The minimum atomic E-state index is -0.683. The molecule has 148 valence electrons. The smallest absolute Gasteiger partial charge is 0.337 e. The number of benzene rings is 1. The van der Waals surface area contributed by atoms with Crippen LogP contribution in [0.3, 0.4) is 0 Å². The number of halogens is 1. The predicted octanol–water partition coefficient (Wildman–Crippen LogP) is 0.948. The molecule has 0 spiro atoms. The van der Waals surface area contributed by atoms with Crippen LogP contribution in [0.2, 0.25) is 0 Å². The summed E-state index contributed by atoms with van der Waals surface area (Å²) in [5, 5.41) is 14.9. The van der Waals surface area contributed by atoms with Gasteiger partial charge in [-0.1, -0.05) is 6.07 Å². The summed E-state index contributed by atoms with van der Waals surface area (Å²) in [5.74, 6) is -1.76. The predicted molar refractivity (Wildman–Crippen MR) is 97.7 cm³/mol. The molecule has 0 radical (unpaired) electrons. The van der Waals surface area contributed by atoms with Gasteiger partial charge in [-0.3, -0.25) is 4.79 Å². The van der Waals surface area contributed by atoms with Gasteiger partial charge in [0.05, 0.1) is 37.2 Å². The number of anilines is 2. The molecule has 1 amide bonds. The fraction of sp³-hybridized carbons (Fsp3) is 0.444. The van der Waals surface area contributed by atoms with Gasteiger partial charge < -0.3 is 30.1 Å². The number of para-hydroxylation sites is 1. The van der Waals surface area contributed by atoms with Crippen LogP contribution in [-0.2, 0) is 19.1 Å². The van der Waals surface area contributed by atoms with Crippen molar-refractivity contribution in [3.63, 3.8) is 0 Å². The van der Waals surface area contributed by atoms with E-state index in [1.807, 2.05) is 0 Å². The maximum absolute atomic E-state index is 14.4. The van der Waals surface area contributed by atoms with Gasteiger partial charge in [-0.15, -0.1) is 0 Å². The summed E-state index contributed by atoms with van der Waals surface area (Å²) in [5.41, 5.74) is 0.548. The highest BCUT2D eigenvalue weighted by Gasteiger charge is 2.35. The number of nitrogens with zero attached hydrogens (tertiary/aromatic N) is 1. The van der Waals surface area contributed by atoms with Crippen LogP contribution in [0, 0.1) is 5.82 Å². The lowest BCUT2D eigenvalue weighted by atomic mass is 10.2. The molecule has 0 unspecified atom stereocenters. The second-order valence-electron chi connectivity index (χ2n) is 5.86. The number of carbonyl (C=O) groups is 2. The molecule has 8 nitrogen and oxygen atoms in total. The molecule has 0 saturated heterocycles. The van der Waals surface area contributed by atoms with Crippen molar-refractivity contribution in [3.05, 3.63) is 35.3 Å². The molecule has 1 heterocycles. The highest BCUT2D eigenvalue weighted by molar-refractivity contribution is 6.09. The Balaban J connectivity index is 2.29. The number of amides is 1. The Hall–Kier alpha value is -2.65. The third-order valence-electron chi connectivity index (χ3n) is 4.06. The zero-order valence-corrected chi connectivity index (χ0v) is 15.4. The van der Waals surface area contributed by atoms with Crippen molar-refractivity contribution in [3.8, 4) is 0 Å². The summed E-state index contributed by atoms with van der Waals surface area (Å²) >= 11 is 0. The first-order chi connectivity index (χ1) is 13.0. The van der Waals surface area contributed by atoms with E-state index in [-0.39, 0.29) is 36.7 Å². The average Bonchev–Trinajstić information content (AvgIpc) is 2.97. The molecule has 1 aliphatic heterocycles. The van der Waals surface area contributed by atoms with Crippen LogP contribution in [0.1, 0.15) is 6.42 Å². The summed E-state index contributed by atoms with van der Waals surface area (Å²) in [6.45, 7) is 0.889. The van der Waals surface area contributed by atoms with Crippen molar-refractivity contribution in [1.82, 2.24) is 4.90 Å². The van der Waals surface area contributed by atoms with E-state index in [1.54, 1.807) is 19.2 Å². The zero-order chi connectivity index (χ0) is 19.8. The Morgan fingerprint density at radius 1 is 1.37 bits per heavy atom. The monoisotopic (exact) mass is 381 g/mol. The maximum atomic E-state index is 14.4. The Morgan fingerprint density at radius 2 is 2.15 bits per heavy atom. The third-order valence-corrected chi connectivity index (χ3v) is 4.06. The zero-order valence-electron chi connectivity index (χ0n) is 15.4. The van der Waals surface area contributed by atoms with Crippen molar-refractivity contribution in [1.29, 1.82) is 0 Å². The van der Waals surface area contributed by atoms with Crippen LogP contribution in [-0.4, -0.2) is 69.0 Å². The molecule has 0 fully saturated rings. The number of β-amino-alcohol motifs (C(OH)–C–C–N with tert-alkyl or cyclic N) is 1. The molecule has 27 heavy (non-hydrogen) atoms. The van der Waals surface area contributed by atoms with Gasteiger partial charge in [0.2, 0.25) is 0 Å². The molecule has 1 aromatic carbocycles. The lowest BCUT2D eigenvalue weighted by molar-refractivity contribution is -0.136. The molecule has 3 N–H and O–H groups in total. The molecular weight excluding hydrogens is 357 g/mol. The van der Waals surface area contributed by atoms with E-state index >= 15 is 0 Å². The quantitative estimate of drug-likeness (QED) is 0.410. The van der Waals surface area contributed by atoms with Crippen LogP contribution in [0.15, 0.2) is 29.5 Å². The fourth-order valence-electron chi connectivity index (χ4n) is 2.71. The standard InChI is InChI=1S/C18H24FN3O5/c1-26-10-4-7-20-14-6-3-5-13(19)16(14)21-15-12(18(25)27-2)11-22(8-9-23)17(15)24/h3,5-6,20-21,23H,4,7-11H2,1-2H3. The number of methoxy groups -OCH3 is 2. The number of carbonyl (C=O) groups excluding carboxylic acids is 2. The van der Waals surface area contributed by atoms with Crippen molar-refractivity contribution in [2.45, 2.75) is 6.42 Å². The molecule has 0 aromatic heterocycles. The Bertz CT molecular complexity index is 723. The van der Waals surface area contributed by atoms with Crippen molar-refractivity contribution in [2.24, 2.45) is 0 Å². The Kier molecular flexibility index (Phi) is 7.56. The molecule has 1 aromatic rings. The minimum Gasteiger partial charge on any atom is -0.466 e. The van der Waals surface area contributed by atoms with Crippen LogP contribution in [0.25, 0.3) is 0 Å². The molecular formula is C18H24FN3O5. The minimum absolute atomic E-state index is 0.0144. The number of hydrogen-bond acceptors (Lipinski definition) is 7. The summed E-state index contributed by atoms with van der Waals surface area (Å²) in [7, 11) is 2.80. The van der Waals surface area contributed by atoms with E-state index in [9.17, 15) is 14.0 Å². The van der Waals surface area contributed by atoms with Gasteiger partial charge >= 0.3 is 5.97 Å². The van der Waals surface area contributed by atoms with E-state index in [0.29, 0.717) is 25.3 Å². The van der Waals surface area contributed by atoms with Gasteiger partial charge in [0.25, 0.3) is 5.91 Å². The summed E-state index contributed by atoms with van der Waals surface area (Å²) in [4.78, 5) is 25.9. The topological polar surface area (TPSA) is 100 Å². The lowest BCUT2D eigenvalue weighted by Crippen LogP contribution is -2.31. The second-order valence-corrected chi connectivity index (χ2v) is 5.86. The summed E-state index contributed by atoms with van der Waals surface area (Å²) in [6.07, 6.45) is 0.714. The van der Waals surface area contributed by atoms with Gasteiger partial charge in [-0.05, 0) is 18.6 Å². The molecule has 0 saturated carbocycles. The number of aliphatic hydroxyl groups excluding tert-OH is 1. The number of ether oxygens (including phenoxy) is 2. The normalized spacial score (nSPS) is 13.9. The van der Waals surface area contributed by atoms with Crippen molar-refractivity contribution < 1.29 is 28.6 Å². The molecule has 9 heteroatoms. The second kappa shape index (κ2) is 9.89. The van der Waals surface area contributed by atoms with Crippen LogP contribution < -0.4 is 10.6 Å². The summed E-state index contributed by atoms with van der Waals surface area (Å²) < 4.78 is 24.1. The fourth-order valence-corrected chi connectivity index (χ4v) is 2.71. The van der Waals surface area contributed by atoms with Gasteiger partial charge in [-0.25, -0.2) is 9.18 Å². The van der Waals surface area contributed by atoms with Gasteiger partial charge in [0.15, 0.2) is 0 Å². The van der Waals surface area contributed by atoms with E-state index in [0.717, 1.165) is 0 Å². The number of esters is 1. The average molecular weight is 381 g/mol. The largest absolute Gasteiger partial charge is 0.466 e. The highest BCUT2D eigenvalue weighted by Crippen LogP contribution is 2.30. The highest BCUT2D eigenvalue weighted by atomic mass is 19.1. The van der Waals surface area contributed by atoms with Crippen LogP contribution in [0.4, 0.5) is 15.8 Å². The number of rotatable bonds is 10. The Labute approximate surface area is 156 Å². The SMILES string of the molecule is COCCCNc1cccc(F)c1NC1=C(C(=O)OC)CN(CCO)C1=O. The van der Waals surface area contributed by atoms with Gasteiger partial charge in [0, 0.05) is 26.8 Å². The number of nitrogens with one attached hydrogen (secondary N) is 2. The summed E-state index contributed by atoms with van der Waals surface area (Å²) in [6, 6.07) is 4.47. The first kappa shape index (κ1) is 20.7. The van der Waals surface area contributed by atoms with E-state index < -0.39 is 17.7 Å². The van der Waals surface area contributed by atoms with E-state index in [1.165, 1.54) is 18.1 Å². The van der Waals surface area contributed by atoms with Gasteiger partial charge in [-0.2, -0.15) is 0 Å². The van der Waals surface area contributed by atoms with Crippen LogP contribution >= 0.6 is 0 Å². The third kappa shape index (κ3) is 4.95. The van der Waals surface area contributed by atoms with E-state index in [4.69, 9.17) is 14.6 Å². The van der Waals surface area contributed by atoms with E-state index in [2.05, 4.69) is 10.6 Å². The number of hydrogen-bond donors (Lipinski definition) is 3. The molecule has 0 bridgehead atoms.